The van der Waals surface area contributed by atoms with Crippen LogP contribution in [0.1, 0.15) is 38.8 Å². The van der Waals surface area contributed by atoms with Crippen molar-refractivity contribution in [3.63, 3.8) is 0 Å². The van der Waals surface area contributed by atoms with Crippen LogP contribution in [0.5, 0.6) is 0 Å². The first-order chi connectivity index (χ1) is 12.2. The van der Waals surface area contributed by atoms with Gasteiger partial charge in [-0.2, -0.15) is 0 Å². The smallest absolute Gasteiger partial charge is 0.215 e. The lowest BCUT2D eigenvalue weighted by Gasteiger charge is -2.11. The van der Waals surface area contributed by atoms with Gasteiger partial charge in [0, 0.05) is 11.5 Å². The van der Waals surface area contributed by atoms with Crippen molar-refractivity contribution in [3.8, 4) is 0 Å². The fourth-order valence-electron chi connectivity index (χ4n) is 1.73. The van der Waals surface area contributed by atoms with Crippen molar-refractivity contribution in [2.75, 3.05) is 0 Å². The number of hydrogen-bond donors (Lipinski definition) is 0. The lowest BCUT2D eigenvalue weighted by atomic mass is 10.2. The molecule has 26 heavy (non-hydrogen) atoms. The van der Waals surface area contributed by atoms with Gasteiger partial charge in [0.05, 0.1) is 9.16 Å². The van der Waals surface area contributed by atoms with E-state index in [0.717, 1.165) is 11.5 Å². The number of carbonyl (C=O) groups is 2. The summed E-state index contributed by atoms with van der Waals surface area (Å²) < 4.78 is 0.413. The molecule has 0 amide bonds. The summed E-state index contributed by atoms with van der Waals surface area (Å²) in [6.45, 7) is 15.0. The van der Waals surface area contributed by atoms with E-state index in [0.29, 0.717) is 11.1 Å². The molecule has 1 rings (SSSR count). The molecule has 6 heteroatoms. The minimum absolute atomic E-state index is 0.0643. The number of hydrogen-bond acceptors (Lipinski definition) is 6. The average Bonchev–Trinajstić information content (AvgIpc) is 2.58. The average molecular weight is 427 g/mol. The first-order valence-corrected chi connectivity index (χ1v) is 12.1. The van der Waals surface area contributed by atoms with E-state index in [4.69, 9.17) is 0 Å². The molecule has 1 aromatic carbocycles. The molecule has 0 fully saturated rings. The third kappa shape index (κ3) is 9.40. The number of rotatable bonds is 10. The zero-order valence-corrected chi connectivity index (χ0v) is 19.0. The van der Waals surface area contributed by atoms with Crippen molar-refractivity contribution in [2.45, 2.75) is 48.4 Å². The lowest BCUT2D eigenvalue weighted by Crippen LogP contribution is -2.00. The van der Waals surface area contributed by atoms with Crippen LogP contribution in [0.2, 0.25) is 0 Å². The minimum Gasteiger partial charge on any atom is -0.282 e. The monoisotopic (exact) mass is 426 g/mol. The summed E-state index contributed by atoms with van der Waals surface area (Å²) in [5.74, 6) is 1.76. The van der Waals surface area contributed by atoms with E-state index in [9.17, 15) is 9.59 Å². The second-order valence-corrected chi connectivity index (χ2v) is 11.8. The molecule has 2 nitrogen and oxygen atoms in total. The van der Waals surface area contributed by atoms with E-state index < -0.39 is 0 Å². The highest BCUT2D eigenvalue weighted by molar-refractivity contribution is 8.25. The highest BCUT2D eigenvalue weighted by atomic mass is 32.2. The van der Waals surface area contributed by atoms with Crippen molar-refractivity contribution in [1.82, 2.24) is 0 Å². The van der Waals surface area contributed by atoms with Gasteiger partial charge >= 0.3 is 0 Å². The molecule has 2 atom stereocenters. The summed E-state index contributed by atoms with van der Waals surface area (Å²) in [6, 6.07) is 8.55. The van der Waals surface area contributed by atoms with Crippen molar-refractivity contribution < 1.29 is 9.59 Å². The molecular weight excluding hydrogens is 400 g/mol. The summed E-state index contributed by atoms with van der Waals surface area (Å²) in [5.41, 5.74) is 3.70. The van der Waals surface area contributed by atoms with Crippen LogP contribution in [0.15, 0.2) is 48.6 Å². The predicted molar refractivity (Wildman–Crippen MR) is 123 cm³/mol. The molecule has 0 N–H and O–H groups in total. The standard InChI is InChI=1S/C20H26O2S4/c1-13(2)19(21)25-15(5)23-11-17-7-9-18(10-8-17)12-24-16(6)26-20(22)14(3)4/h7-10,15-16H,1,3,11-12H2,2,4-6H3. The molecule has 0 aliphatic rings. The SMILES string of the molecule is C=C(C)C(=O)SC(C)SCc1ccc(CSC(C)SC(=O)C(=C)C)cc1. The maximum absolute atomic E-state index is 11.7. The van der Waals surface area contributed by atoms with Crippen molar-refractivity contribution in [3.05, 3.63) is 59.7 Å². The van der Waals surface area contributed by atoms with Crippen LogP contribution in [0, 0.1) is 0 Å². The van der Waals surface area contributed by atoms with Gasteiger partial charge in [-0.05, 0) is 50.0 Å². The fraction of sp³-hybridized carbons (Fsp3) is 0.400. The molecule has 0 heterocycles. The van der Waals surface area contributed by atoms with Gasteiger partial charge in [-0.1, -0.05) is 60.9 Å². The van der Waals surface area contributed by atoms with Crippen molar-refractivity contribution >= 4 is 57.3 Å². The van der Waals surface area contributed by atoms with E-state index >= 15 is 0 Å². The molecule has 0 aliphatic heterocycles. The maximum Gasteiger partial charge on any atom is 0.215 e. The third-order valence-electron chi connectivity index (χ3n) is 3.24. The Hall–Kier alpha value is -0.560. The molecule has 0 radical (unpaired) electrons. The van der Waals surface area contributed by atoms with Gasteiger partial charge in [0.25, 0.3) is 0 Å². The third-order valence-corrected chi connectivity index (χ3v) is 8.36. The van der Waals surface area contributed by atoms with Crippen LogP contribution in [-0.4, -0.2) is 19.4 Å². The molecule has 0 spiro atoms. The van der Waals surface area contributed by atoms with Crippen LogP contribution in [0.4, 0.5) is 0 Å². The summed E-state index contributed by atoms with van der Waals surface area (Å²) in [5, 5.41) is 0.129. The molecule has 1 aromatic rings. The summed E-state index contributed by atoms with van der Waals surface area (Å²) in [4.78, 5) is 23.3. The first-order valence-electron chi connectivity index (χ1n) is 8.23. The fourth-order valence-corrected chi connectivity index (χ4v) is 5.45. The maximum atomic E-state index is 11.7. The zero-order valence-electron chi connectivity index (χ0n) is 15.7. The highest BCUT2D eigenvalue weighted by Crippen LogP contribution is 2.30. The van der Waals surface area contributed by atoms with Crippen LogP contribution in [-0.2, 0) is 21.1 Å². The summed E-state index contributed by atoms with van der Waals surface area (Å²) in [6.07, 6.45) is 0. The van der Waals surface area contributed by atoms with Gasteiger partial charge in [0.1, 0.15) is 0 Å². The molecule has 0 saturated carbocycles. The first kappa shape index (κ1) is 23.5. The topological polar surface area (TPSA) is 34.1 Å². The Bertz CT molecular complexity index is 595. The van der Waals surface area contributed by atoms with Gasteiger partial charge in [-0.3, -0.25) is 9.59 Å². The molecule has 142 valence electrons. The number of thioether (sulfide) groups is 4. The Morgan fingerprint density at radius 3 is 1.38 bits per heavy atom. The van der Waals surface area contributed by atoms with E-state index in [-0.39, 0.29) is 19.4 Å². The zero-order chi connectivity index (χ0) is 19.7. The predicted octanol–water partition coefficient (Wildman–Crippen LogP) is 6.52. The summed E-state index contributed by atoms with van der Waals surface area (Å²) >= 11 is 6.18. The van der Waals surface area contributed by atoms with Gasteiger partial charge < -0.3 is 0 Å². The molecule has 0 aromatic heterocycles. The van der Waals surface area contributed by atoms with Gasteiger partial charge in [0.15, 0.2) is 0 Å². The van der Waals surface area contributed by atoms with Crippen LogP contribution in [0.3, 0.4) is 0 Å². The van der Waals surface area contributed by atoms with Gasteiger partial charge in [-0.25, -0.2) is 0 Å². The van der Waals surface area contributed by atoms with Crippen LogP contribution < -0.4 is 0 Å². The molecular formula is C20H26O2S4. The normalized spacial score (nSPS) is 13.1. The Balaban J connectivity index is 2.39. The largest absolute Gasteiger partial charge is 0.282 e. The lowest BCUT2D eigenvalue weighted by molar-refractivity contribution is -0.108. The number of carbonyl (C=O) groups excluding carboxylic acids is 2. The Labute approximate surface area is 174 Å². The second kappa shape index (κ2) is 12.0. The molecule has 0 aliphatic carbocycles. The number of benzene rings is 1. The van der Waals surface area contributed by atoms with Gasteiger partial charge in [0.2, 0.25) is 10.2 Å². The summed E-state index contributed by atoms with van der Waals surface area (Å²) in [7, 11) is 0. The second-order valence-electron chi connectivity index (χ2n) is 5.95. The quantitative estimate of drug-likeness (QED) is 0.313. The molecule has 0 bridgehead atoms. The molecule has 2 unspecified atom stereocenters. The highest BCUT2D eigenvalue weighted by Gasteiger charge is 2.12. The van der Waals surface area contributed by atoms with Crippen molar-refractivity contribution in [1.29, 1.82) is 0 Å². The Morgan fingerprint density at radius 2 is 1.12 bits per heavy atom. The Kier molecular flexibility index (Phi) is 10.8. The Morgan fingerprint density at radius 1 is 0.808 bits per heavy atom. The van der Waals surface area contributed by atoms with Gasteiger partial charge in [-0.15, -0.1) is 23.5 Å². The van der Waals surface area contributed by atoms with Crippen LogP contribution in [0.25, 0.3) is 0 Å². The van der Waals surface area contributed by atoms with E-state index in [1.807, 2.05) is 13.8 Å². The van der Waals surface area contributed by atoms with Crippen LogP contribution >= 0.6 is 47.0 Å². The van der Waals surface area contributed by atoms with E-state index in [2.05, 4.69) is 37.4 Å². The molecule has 0 saturated heterocycles. The van der Waals surface area contributed by atoms with E-state index in [1.165, 1.54) is 34.7 Å². The van der Waals surface area contributed by atoms with E-state index in [1.54, 1.807) is 37.4 Å². The van der Waals surface area contributed by atoms with Crippen molar-refractivity contribution in [2.24, 2.45) is 0 Å². The minimum atomic E-state index is 0.0643.